The van der Waals surface area contributed by atoms with Gasteiger partial charge in [0.05, 0.1) is 0 Å². The van der Waals surface area contributed by atoms with Crippen molar-refractivity contribution in [1.82, 2.24) is 21.3 Å². The molecule has 4 amide bonds. The van der Waals surface area contributed by atoms with Crippen molar-refractivity contribution in [3.8, 4) is 0 Å². The standard InChI is InChI=1S/C31H46N4O4/c1-4-5-6-7-8-12-18-29(37)33-27(22-24-15-10-9-11-16-24)31(39)35-26-17-13-14-21-32-28(36)20-19-25(23(2)3)34-30(26)38/h9-11,13,15-17,19-20,23,25-27H,4-8,12,14,18,21-22H2,1-3H3,(H,32,36)(H,33,37)(H,34,38)(H,35,39)/b17-13+,20-19+/t25-,26+,27+/m1/s1. The van der Waals surface area contributed by atoms with E-state index in [-0.39, 0.29) is 29.7 Å². The molecule has 0 spiro atoms. The molecule has 0 bridgehead atoms. The summed E-state index contributed by atoms with van der Waals surface area (Å²) in [5.74, 6) is -1.14. The molecule has 0 radical (unpaired) electrons. The van der Waals surface area contributed by atoms with Gasteiger partial charge in [-0.1, -0.05) is 101 Å². The number of amides is 4. The van der Waals surface area contributed by atoms with Gasteiger partial charge in [-0.2, -0.15) is 0 Å². The van der Waals surface area contributed by atoms with E-state index in [1.54, 1.807) is 18.2 Å². The molecule has 0 saturated carbocycles. The highest BCUT2D eigenvalue weighted by atomic mass is 16.2. The molecule has 0 unspecified atom stereocenters. The third-order valence-corrected chi connectivity index (χ3v) is 6.69. The Balaban J connectivity index is 2.12. The average molecular weight is 539 g/mol. The zero-order chi connectivity index (χ0) is 28.5. The Morgan fingerprint density at radius 3 is 2.44 bits per heavy atom. The average Bonchev–Trinajstić information content (AvgIpc) is 2.91. The van der Waals surface area contributed by atoms with Gasteiger partial charge in [-0.15, -0.1) is 0 Å². The molecule has 1 aromatic carbocycles. The Hall–Kier alpha value is -3.42. The van der Waals surface area contributed by atoms with Crippen LogP contribution in [0.4, 0.5) is 0 Å². The molecular formula is C31H46N4O4. The summed E-state index contributed by atoms with van der Waals surface area (Å²) in [5.41, 5.74) is 0.914. The van der Waals surface area contributed by atoms with Gasteiger partial charge < -0.3 is 21.3 Å². The quantitative estimate of drug-likeness (QED) is 0.226. The molecule has 0 saturated heterocycles. The van der Waals surface area contributed by atoms with E-state index < -0.39 is 18.0 Å². The van der Waals surface area contributed by atoms with Gasteiger partial charge in [-0.25, -0.2) is 0 Å². The number of hydrogen-bond acceptors (Lipinski definition) is 4. The topological polar surface area (TPSA) is 116 Å². The van der Waals surface area contributed by atoms with Crippen LogP contribution in [0.5, 0.6) is 0 Å². The lowest BCUT2D eigenvalue weighted by molar-refractivity contribution is -0.131. The minimum Gasteiger partial charge on any atom is -0.352 e. The fourth-order valence-electron chi connectivity index (χ4n) is 4.30. The van der Waals surface area contributed by atoms with E-state index in [4.69, 9.17) is 0 Å². The smallest absolute Gasteiger partial charge is 0.247 e. The number of unbranched alkanes of at least 4 members (excludes halogenated alkanes) is 5. The fraction of sp³-hybridized carbons (Fsp3) is 0.548. The molecule has 2 rings (SSSR count). The molecule has 1 aromatic rings. The number of nitrogens with one attached hydrogen (secondary N) is 4. The number of hydrogen-bond donors (Lipinski definition) is 4. The minimum absolute atomic E-state index is 0.0355. The van der Waals surface area contributed by atoms with E-state index in [0.717, 1.165) is 24.8 Å². The van der Waals surface area contributed by atoms with Crippen LogP contribution < -0.4 is 21.3 Å². The second-order valence-corrected chi connectivity index (χ2v) is 10.5. The first kappa shape index (κ1) is 31.8. The van der Waals surface area contributed by atoms with E-state index in [2.05, 4.69) is 28.2 Å². The first-order chi connectivity index (χ1) is 18.8. The Labute approximate surface area is 233 Å². The van der Waals surface area contributed by atoms with Crippen molar-refractivity contribution in [2.24, 2.45) is 5.92 Å². The van der Waals surface area contributed by atoms with Crippen LogP contribution in [0.25, 0.3) is 0 Å². The molecule has 1 heterocycles. The van der Waals surface area contributed by atoms with Gasteiger partial charge in [0.2, 0.25) is 23.6 Å². The summed E-state index contributed by atoms with van der Waals surface area (Å²) in [6.45, 7) is 6.47. The van der Waals surface area contributed by atoms with Crippen molar-refractivity contribution < 1.29 is 19.2 Å². The Bertz CT molecular complexity index is 974. The van der Waals surface area contributed by atoms with Crippen LogP contribution in [-0.2, 0) is 25.6 Å². The van der Waals surface area contributed by atoms with Gasteiger partial charge >= 0.3 is 0 Å². The summed E-state index contributed by atoms with van der Waals surface area (Å²) in [6.07, 6.45) is 14.1. The molecule has 8 heteroatoms. The highest BCUT2D eigenvalue weighted by Gasteiger charge is 2.27. The molecule has 39 heavy (non-hydrogen) atoms. The minimum atomic E-state index is -0.920. The summed E-state index contributed by atoms with van der Waals surface area (Å²) < 4.78 is 0. The number of benzene rings is 1. The first-order valence-electron chi connectivity index (χ1n) is 14.4. The third-order valence-electron chi connectivity index (χ3n) is 6.69. The van der Waals surface area contributed by atoms with Crippen molar-refractivity contribution in [1.29, 1.82) is 0 Å². The largest absolute Gasteiger partial charge is 0.352 e. The summed E-state index contributed by atoms with van der Waals surface area (Å²) in [7, 11) is 0. The number of rotatable bonds is 13. The van der Waals surface area contributed by atoms with Crippen LogP contribution in [0.15, 0.2) is 54.6 Å². The van der Waals surface area contributed by atoms with Crippen molar-refractivity contribution in [2.75, 3.05) is 6.54 Å². The van der Waals surface area contributed by atoms with Gasteiger partial charge in [-0.3, -0.25) is 19.2 Å². The van der Waals surface area contributed by atoms with Crippen LogP contribution >= 0.6 is 0 Å². The summed E-state index contributed by atoms with van der Waals surface area (Å²) >= 11 is 0. The van der Waals surface area contributed by atoms with Crippen LogP contribution in [0.1, 0.15) is 77.7 Å². The second-order valence-electron chi connectivity index (χ2n) is 10.5. The van der Waals surface area contributed by atoms with E-state index in [1.807, 2.05) is 44.2 Å². The second kappa shape index (κ2) is 18.0. The Morgan fingerprint density at radius 2 is 1.72 bits per heavy atom. The SMILES string of the molecule is CCCCCCCCC(=O)N[C@@H](Cc1ccccc1)C(=O)N[C@H]1/C=C/CCNC(=O)/C=C/[C@H](C(C)C)NC1=O. The summed E-state index contributed by atoms with van der Waals surface area (Å²) in [6, 6.07) is 7.39. The zero-order valence-electron chi connectivity index (χ0n) is 23.7. The van der Waals surface area contributed by atoms with Gasteiger partial charge in [0, 0.05) is 31.5 Å². The lowest BCUT2D eigenvalue weighted by atomic mass is 10.0. The maximum Gasteiger partial charge on any atom is 0.247 e. The first-order valence-corrected chi connectivity index (χ1v) is 14.4. The molecule has 4 N–H and O–H groups in total. The molecule has 0 aliphatic carbocycles. The fourth-order valence-corrected chi connectivity index (χ4v) is 4.30. The molecule has 1 aliphatic rings. The van der Waals surface area contributed by atoms with Crippen molar-refractivity contribution in [2.45, 2.75) is 96.7 Å². The highest BCUT2D eigenvalue weighted by molar-refractivity contribution is 5.93. The van der Waals surface area contributed by atoms with E-state index in [9.17, 15) is 19.2 Å². The monoisotopic (exact) mass is 538 g/mol. The predicted octanol–water partition coefficient (Wildman–Crippen LogP) is 3.72. The maximum atomic E-state index is 13.5. The van der Waals surface area contributed by atoms with Crippen molar-refractivity contribution in [3.05, 3.63) is 60.2 Å². The summed E-state index contributed by atoms with van der Waals surface area (Å²) in [5, 5.41) is 11.5. The maximum absolute atomic E-state index is 13.5. The van der Waals surface area contributed by atoms with E-state index >= 15 is 0 Å². The van der Waals surface area contributed by atoms with Gasteiger partial charge in [-0.05, 0) is 24.3 Å². The molecule has 3 atom stereocenters. The molecule has 214 valence electrons. The number of carbonyl (C=O) groups excluding carboxylic acids is 4. The molecule has 8 nitrogen and oxygen atoms in total. The van der Waals surface area contributed by atoms with Gasteiger partial charge in [0.15, 0.2) is 0 Å². The van der Waals surface area contributed by atoms with Crippen LogP contribution in [0, 0.1) is 5.92 Å². The Kier molecular flexibility index (Phi) is 14.7. The molecular weight excluding hydrogens is 492 g/mol. The van der Waals surface area contributed by atoms with E-state index in [0.29, 0.717) is 25.8 Å². The van der Waals surface area contributed by atoms with Gasteiger partial charge in [0.1, 0.15) is 12.1 Å². The molecule has 0 aromatic heterocycles. The number of carbonyl (C=O) groups is 4. The van der Waals surface area contributed by atoms with Crippen molar-refractivity contribution >= 4 is 23.6 Å². The van der Waals surface area contributed by atoms with E-state index in [1.165, 1.54) is 25.3 Å². The normalized spacial score (nSPS) is 20.5. The third kappa shape index (κ3) is 12.8. The van der Waals surface area contributed by atoms with Gasteiger partial charge in [0.25, 0.3) is 0 Å². The van der Waals surface area contributed by atoms with Crippen molar-refractivity contribution in [3.63, 3.8) is 0 Å². The Morgan fingerprint density at radius 1 is 1.00 bits per heavy atom. The summed E-state index contributed by atoms with van der Waals surface area (Å²) in [4.78, 5) is 51.4. The van der Waals surface area contributed by atoms with Crippen LogP contribution in [0.3, 0.4) is 0 Å². The van der Waals surface area contributed by atoms with Crippen LogP contribution in [0.2, 0.25) is 0 Å². The zero-order valence-corrected chi connectivity index (χ0v) is 23.7. The highest BCUT2D eigenvalue weighted by Crippen LogP contribution is 2.09. The molecule has 0 fully saturated rings. The lowest BCUT2D eigenvalue weighted by Gasteiger charge is -2.25. The molecule has 1 aliphatic heterocycles. The lowest BCUT2D eigenvalue weighted by Crippen LogP contribution is -2.55. The van der Waals surface area contributed by atoms with Crippen LogP contribution in [-0.4, -0.2) is 48.3 Å². The predicted molar refractivity (Wildman–Crippen MR) is 155 cm³/mol.